The Morgan fingerprint density at radius 1 is 1.03 bits per heavy atom. The Bertz CT molecular complexity index is 894. The number of hydrogen-bond donors (Lipinski definition) is 0. The minimum Gasteiger partial charge on any atom is -0.455 e. The molecule has 5 aliphatic rings. The monoisotopic (exact) mass is 450 g/mol. The molecule has 176 valence electrons. The molecule has 0 aromatic heterocycles. The lowest BCUT2D eigenvalue weighted by molar-refractivity contribution is -0.197. The first kappa shape index (κ1) is 22.6. The maximum atomic E-state index is 12.7. The molecule has 0 N–H and O–H groups in total. The highest BCUT2D eigenvalue weighted by molar-refractivity contribution is 5.76. The molecule has 5 rings (SSSR count). The van der Waals surface area contributed by atoms with Gasteiger partial charge in [0.05, 0.1) is 32.5 Å². The zero-order chi connectivity index (χ0) is 22.5. The number of carbonyl (C=O) groups is 1. The Hall–Kier alpha value is -2.21. The molecule has 1 saturated heterocycles. The molecule has 0 radical (unpaired) electrons. The van der Waals surface area contributed by atoms with Crippen LogP contribution in [0.4, 0.5) is 0 Å². The van der Waals surface area contributed by atoms with Crippen LogP contribution in [0.1, 0.15) is 32.1 Å². The summed E-state index contributed by atoms with van der Waals surface area (Å²) in [5.74, 6) is 0.616. The summed E-state index contributed by atoms with van der Waals surface area (Å²) in [6, 6.07) is 0. The Morgan fingerprint density at radius 2 is 1.97 bits per heavy atom. The third-order valence-corrected chi connectivity index (χ3v) is 7.22. The van der Waals surface area contributed by atoms with Crippen LogP contribution in [-0.2, 0) is 23.7 Å². The molecule has 0 bridgehead atoms. The van der Waals surface area contributed by atoms with Gasteiger partial charge in [-0.25, -0.2) is 4.79 Å². The Kier molecular flexibility index (Phi) is 7.10. The van der Waals surface area contributed by atoms with Crippen LogP contribution >= 0.6 is 0 Å². The van der Waals surface area contributed by atoms with E-state index < -0.39 is 12.2 Å². The first-order valence-corrected chi connectivity index (χ1v) is 12.3. The Labute approximate surface area is 196 Å². The fourth-order valence-corrected chi connectivity index (χ4v) is 5.00. The molecule has 0 aromatic rings. The number of ether oxygens (including phenoxy) is 4. The average Bonchev–Trinajstić information content (AvgIpc) is 3.59. The molecule has 5 heteroatoms. The van der Waals surface area contributed by atoms with Crippen LogP contribution in [0, 0.1) is 17.3 Å². The van der Waals surface area contributed by atoms with E-state index >= 15 is 0 Å². The summed E-state index contributed by atoms with van der Waals surface area (Å²) < 4.78 is 24.2. The highest BCUT2D eigenvalue weighted by Gasteiger charge is 2.52. The lowest BCUT2D eigenvalue weighted by Crippen LogP contribution is -2.49. The van der Waals surface area contributed by atoms with Gasteiger partial charge in [-0.15, -0.1) is 0 Å². The van der Waals surface area contributed by atoms with Crippen molar-refractivity contribution >= 4 is 5.97 Å². The van der Waals surface area contributed by atoms with Crippen LogP contribution in [0.5, 0.6) is 0 Å². The third kappa shape index (κ3) is 5.65. The average molecular weight is 451 g/mol. The standard InChI is InChI=1S/C28H34O5/c29-27-25(31-18-22-11-5-2-6-12-22)15-24(32-20-28-14-8-7-13-23(28)16-28)26(33-27)19-30-17-21-9-3-1-4-10-21/h1,3-5,7-9,11-14,21,23-26H,2,6,10,15-20H2. The lowest BCUT2D eigenvalue weighted by Gasteiger charge is -2.36. The van der Waals surface area contributed by atoms with E-state index in [0.29, 0.717) is 44.7 Å². The predicted octanol–water partition coefficient (Wildman–Crippen LogP) is 4.63. The second-order valence-corrected chi connectivity index (χ2v) is 9.75. The van der Waals surface area contributed by atoms with Gasteiger partial charge in [-0.05, 0) is 37.2 Å². The van der Waals surface area contributed by atoms with Crippen molar-refractivity contribution in [3.63, 3.8) is 0 Å². The fraction of sp³-hybridized carbons (Fsp3) is 0.536. The van der Waals surface area contributed by atoms with Crippen molar-refractivity contribution in [2.75, 3.05) is 26.4 Å². The zero-order valence-electron chi connectivity index (χ0n) is 19.1. The molecule has 0 aromatic carbocycles. The summed E-state index contributed by atoms with van der Waals surface area (Å²) in [5.41, 5.74) is 1.22. The van der Waals surface area contributed by atoms with Crippen molar-refractivity contribution in [1.82, 2.24) is 0 Å². The van der Waals surface area contributed by atoms with Crippen LogP contribution in [-0.4, -0.2) is 50.7 Å². The molecule has 33 heavy (non-hydrogen) atoms. The molecule has 5 nitrogen and oxygen atoms in total. The predicted molar refractivity (Wildman–Crippen MR) is 126 cm³/mol. The molecule has 1 saturated carbocycles. The summed E-state index contributed by atoms with van der Waals surface area (Å²) >= 11 is 0. The van der Waals surface area contributed by atoms with Gasteiger partial charge in [0.15, 0.2) is 12.2 Å². The van der Waals surface area contributed by atoms with Crippen molar-refractivity contribution in [2.24, 2.45) is 17.3 Å². The molecule has 1 aliphatic heterocycles. The maximum absolute atomic E-state index is 12.7. The number of fused-ring (bicyclic) bond motifs is 1. The van der Waals surface area contributed by atoms with Crippen molar-refractivity contribution in [2.45, 2.75) is 50.4 Å². The van der Waals surface area contributed by atoms with E-state index in [9.17, 15) is 4.79 Å². The Balaban J connectivity index is 1.17. The maximum Gasteiger partial charge on any atom is 0.335 e. The molecule has 6 atom stereocenters. The van der Waals surface area contributed by atoms with Crippen LogP contribution in [0.3, 0.4) is 0 Å². The number of carbonyl (C=O) groups excluding carboxylic acids is 1. The minimum atomic E-state index is -0.608. The van der Waals surface area contributed by atoms with E-state index in [1.165, 1.54) is 0 Å². The summed E-state index contributed by atoms with van der Waals surface area (Å²) in [5, 5.41) is 0. The normalized spacial score (nSPS) is 36.4. The summed E-state index contributed by atoms with van der Waals surface area (Å²) in [6.07, 6.45) is 27.0. The topological polar surface area (TPSA) is 54.0 Å². The van der Waals surface area contributed by atoms with Crippen molar-refractivity contribution in [3.05, 3.63) is 72.4 Å². The van der Waals surface area contributed by atoms with Crippen molar-refractivity contribution in [3.8, 4) is 0 Å². The van der Waals surface area contributed by atoms with E-state index in [1.54, 1.807) is 0 Å². The van der Waals surface area contributed by atoms with E-state index in [-0.39, 0.29) is 17.5 Å². The van der Waals surface area contributed by atoms with E-state index in [2.05, 4.69) is 66.8 Å². The largest absolute Gasteiger partial charge is 0.455 e. The van der Waals surface area contributed by atoms with Gasteiger partial charge in [0, 0.05) is 17.8 Å². The zero-order valence-corrected chi connectivity index (χ0v) is 19.1. The highest BCUT2D eigenvalue weighted by Crippen LogP contribution is 2.56. The van der Waals surface area contributed by atoms with Gasteiger partial charge >= 0.3 is 5.97 Å². The second-order valence-electron chi connectivity index (χ2n) is 9.75. The van der Waals surface area contributed by atoms with Gasteiger partial charge in [0.25, 0.3) is 0 Å². The van der Waals surface area contributed by atoms with Gasteiger partial charge in [-0.3, -0.25) is 0 Å². The molecular weight excluding hydrogens is 416 g/mol. The highest BCUT2D eigenvalue weighted by atomic mass is 16.6. The number of cyclic esters (lactones) is 1. The van der Waals surface area contributed by atoms with E-state index in [0.717, 1.165) is 31.3 Å². The molecule has 1 heterocycles. The van der Waals surface area contributed by atoms with Crippen LogP contribution < -0.4 is 0 Å². The minimum absolute atomic E-state index is 0.106. The van der Waals surface area contributed by atoms with Crippen molar-refractivity contribution < 1.29 is 23.7 Å². The number of hydrogen-bond acceptors (Lipinski definition) is 5. The van der Waals surface area contributed by atoms with Crippen LogP contribution in [0.2, 0.25) is 0 Å². The molecule has 0 amide bonds. The van der Waals surface area contributed by atoms with Gasteiger partial charge in [0.1, 0.15) is 0 Å². The van der Waals surface area contributed by atoms with Crippen LogP contribution in [0.15, 0.2) is 72.4 Å². The Morgan fingerprint density at radius 3 is 2.79 bits per heavy atom. The van der Waals surface area contributed by atoms with Gasteiger partial charge in [-0.1, -0.05) is 66.8 Å². The first-order chi connectivity index (χ1) is 16.2. The number of esters is 1. The summed E-state index contributed by atoms with van der Waals surface area (Å²) in [7, 11) is 0. The molecular formula is C28H34O5. The van der Waals surface area contributed by atoms with Gasteiger partial charge in [0.2, 0.25) is 0 Å². The number of rotatable bonds is 10. The third-order valence-electron chi connectivity index (χ3n) is 7.22. The first-order valence-electron chi connectivity index (χ1n) is 12.3. The summed E-state index contributed by atoms with van der Waals surface area (Å²) in [4.78, 5) is 12.7. The number of allylic oxidation sites excluding steroid dienone is 8. The summed E-state index contributed by atoms with van der Waals surface area (Å²) in [6.45, 7) is 2.01. The van der Waals surface area contributed by atoms with E-state index in [1.807, 2.05) is 0 Å². The molecule has 4 aliphatic carbocycles. The lowest BCUT2D eigenvalue weighted by atomic mass is 9.99. The van der Waals surface area contributed by atoms with Crippen LogP contribution in [0.25, 0.3) is 0 Å². The molecule has 0 spiro atoms. The molecule has 2 fully saturated rings. The SMILES string of the molecule is O=C1OC(COCC2C=CC=CC2)C(OCC23C=CC=CC2C3)CC1OCC1=CCCC=C1. The fourth-order valence-electron chi connectivity index (χ4n) is 5.00. The van der Waals surface area contributed by atoms with Gasteiger partial charge in [-0.2, -0.15) is 0 Å². The molecule has 6 unspecified atom stereocenters. The van der Waals surface area contributed by atoms with E-state index in [4.69, 9.17) is 18.9 Å². The second kappa shape index (κ2) is 10.4. The van der Waals surface area contributed by atoms with Gasteiger partial charge < -0.3 is 18.9 Å². The smallest absolute Gasteiger partial charge is 0.335 e. The van der Waals surface area contributed by atoms with Crippen molar-refractivity contribution in [1.29, 1.82) is 0 Å². The quantitative estimate of drug-likeness (QED) is 0.454.